The van der Waals surface area contributed by atoms with Crippen molar-refractivity contribution >= 4 is 5.82 Å². The summed E-state index contributed by atoms with van der Waals surface area (Å²) in [6.45, 7) is 2.01. The highest BCUT2D eigenvalue weighted by Gasteiger charge is 2.05. The molecule has 0 fully saturated rings. The zero-order valence-electron chi connectivity index (χ0n) is 10.2. The van der Waals surface area contributed by atoms with Gasteiger partial charge >= 0.3 is 0 Å². The number of nitrogens with two attached hydrogens (primary N) is 1. The van der Waals surface area contributed by atoms with E-state index in [0.29, 0.717) is 18.1 Å². The maximum Gasteiger partial charge on any atom is 0.143 e. The third kappa shape index (κ3) is 3.01. The number of aromatic nitrogens is 2. The largest absolute Gasteiger partial charge is 0.308 e. The van der Waals surface area contributed by atoms with Gasteiger partial charge in [-0.1, -0.05) is 19.1 Å². The number of nitrogen functional groups attached to an aromatic ring is 1. The molecule has 0 saturated carbocycles. The van der Waals surface area contributed by atoms with Gasteiger partial charge in [-0.25, -0.2) is 20.2 Å². The van der Waals surface area contributed by atoms with Gasteiger partial charge in [0.1, 0.15) is 17.5 Å². The van der Waals surface area contributed by atoms with Crippen LogP contribution < -0.4 is 11.3 Å². The first-order valence-corrected chi connectivity index (χ1v) is 5.79. The van der Waals surface area contributed by atoms with Crippen LogP contribution in [0.25, 0.3) is 0 Å². The molecule has 0 bridgehead atoms. The minimum Gasteiger partial charge on any atom is -0.308 e. The van der Waals surface area contributed by atoms with Crippen molar-refractivity contribution in [2.75, 3.05) is 5.43 Å². The van der Waals surface area contributed by atoms with Gasteiger partial charge in [0.25, 0.3) is 0 Å². The summed E-state index contributed by atoms with van der Waals surface area (Å²) in [7, 11) is 0. The number of hydrogen-bond acceptors (Lipinski definition) is 4. The Hall–Kier alpha value is -2.01. The molecule has 2 aromatic rings. The summed E-state index contributed by atoms with van der Waals surface area (Å²) in [6, 6.07) is 8.23. The van der Waals surface area contributed by atoms with Crippen molar-refractivity contribution in [2.24, 2.45) is 5.84 Å². The molecule has 0 amide bonds. The van der Waals surface area contributed by atoms with Crippen LogP contribution in [0.1, 0.15) is 24.0 Å². The number of halogens is 1. The molecule has 1 heterocycles. The molecule has 0 radical (unpaired) electrons. The quantitative estimate of drug-likeness (QED) is 0.640. The lowest BCUT2D eigenvalue weighted by Gasteiger charge is -2.06. The molecule has 4 nitrogen and oxygen atoms in total. The minimum atomic E-state index is -0.253. The molecule has 94 valence electrons. The Morgan fingerprint density at radius 3 is 2.78 bits per heavy atom. The number of hydrazine groups is 1. The molecule has 5 heteroatoms. The van der Waals surface area contributed by atoms with E-state index in [1.807, 2.05) is 13.0 Å². The molecule has 0 spiro atoms. The predicted molar refractivity (Wildman–Crippen MR) is 68.4 cm³/mol. The third-order valence-electron chi connectivity index (χ3n) is 2.59. The van der Waals surface area contributed by atoms with Crippen LogP contribution in [0.2, 0.25) is 0 Å². The lowest BCUT2D eigenvalue weighted by atomic mass is 10.1. The van der Waals surface area contributed by atoms with E-state index < -0.39 is 0 Å². The fourth-order valence-electron chi connectivity index (χ4n) is 1.72. The van der Waals surface area contributed by atoms with Crippen molar-refractivity contribution in [3.63, 3.8) is 0 Å². The van der Waals surface area contributed by atoms with Crippen molar-refractivity contribution in [3.8, 4) is 0 Å². The second-order valence-electron chi connectivity index (χ2n) is 3.97. The fraction of sp³-hybridized carbons (Fsp3) is 0.231. The maximum atomic E-state index is 13.1. The van der Waals surface area contributed by atoms with Crippen LogP contribution in [0.5, 0.6) is 0 Å². The molecule has 0 aliphatic carbocycles. The van der Waals surface area contributed by atoms with E-state index in [1.165, 1.54) is 12.1 Å². The lowest BCUT2D eigenvalue weighted by molar-refractivity contribution is 0.625. The molecule has 2 rings (SSSR count). The van der Waals surface area contributed by atoms with Gasteiger partial charge in [0.05, 0.1) is 0 Å². The molecule has 0 aliphatic rings. The molecule has 0 saturated heterocycles. The van der Waals surface area contributed by atoms with Gasteiger partial charge in [0, 0.05) is 18.2 Å². The second kappa shape index (κ2) is 5.55. The highest BCUT2D eigenvalue weighted by molar-refractivity contribution is 5.35. The van der Waals surface area contributed by atoms with Gasteiger partial charge in [0.2, 0.25) is 0 Å². The van der Waals surface area contributed by atoms with Crippen LogP contribution in [0.4, 0.5) is 10.2 Å². The number of hydrogen-bond donors (Lipinski definition) is 2. The minimum absolute atomic E-state index is 0.253. The first-order chi connectivity index (χ1) is 8.71. The van der Waals surface area contributed by atoms with Gasteiger partial charge in [-0.2, -0.15) is 0 Å². The smallest absolute Gasteiger partial charge is 0.143 e. The van der Waals surface area contributed by atoms with Crippen LogP contribution in [0.15, 0.2) is 30.3 Å². The van der Waals surface area contributed by atoms with Crippen LogP contribution in [-0.2, 0) is 12.8 Å². The summed E-state index contributed by atoms with van der Waals surface area (Å²) >= 11 is 0. The number of nitrogens with zero attached hydrogens (tertiary/aromatic N) is 2. The molecule has 0 aliphatic heterocycles. The Kier molecular flexibility index (Phi) is 3.84. The molecule has 18 heavy (non-hydrogen) atoms. The van der Waals surface area contributed by atoms with Gasteiger partial charge in [0.15, 0.2) is 0 Å². The zero-order chi connectivity index (χ0) is 13.0. The average molecular weight is 246 g/mol. The topological polar surface area (TPSA) is 63.8 Å². The summed E-state index contributed by atoms with van der Waals surface area (Å²) in [4.78, 5) is 8.65. The summed E-state index contributed by atoms with van der Waals surface area (Å²) in [5.74, 6) is 6.32. The van der Waals surface area contributed by atoms with Crippen molar-refractivity contribution in [1.29, 1.82) is 0 Å². The Morgan fingerprint density at radius 1 is 1.28 bits per heavy atom. The Balaban J connectivity index is 2.28. The summed E-state index contributed by atoms with van der Waals surface area (Å²) in [5.41, 5.74) is 4.26. The Morgan fingerprint density at radius 2 is 2.11 bits per heavy atom. The van der Waals surface area contributed by atoms with Gasteiger partial charge in [-0.05, 0) is 24.1 Å². The SMILES string of the molecule is CCc1cc(NN)nc(Cc2cccc(F)c2)n1. The number of aryl methyl sites for hydroxylation is 1. The van der Waals surface area contributed by atoms with Crippen molar-refractivity contribution < 1.29 is 4.39 Å². The summed E-state index contributed by atoms with van der Waals surface area (Å²) < 4.78 is 13.1. The second-order valence-corrected chi connectivity index (χ2v) is 3.97. The van der Waals surface area contributed by atoms with E-state index in [0.717, 1.165) is 17.7 Å². The predicted octanol–water partition coefficient (Wildman–Crippen LogP) is 2.05. The van der Waals surface area contributed by atoms with Crippen molar-refractivity contribution in [1.82, 2.24) is 9.97 Å². The summed E-state index contributed by atoms with van der Waals surface area (Å²) in [5, 5.41) is 0. The number of benzene rings is 1. The third-order valence-corrected chi connectivity index (χ3v) is 2.59. The van der Waals surface area contributed by atoms with E-state index in [2.05, 4.69) is 15.4 Å². The average Bonchev–Trinajstić information content (AvgIpc) is 2.38. The zero-order valence-corrected chi connectivity index (χ0v) is 10.2. The number of anilines is 1. The van der Waals surface area contributed by atoms with Gasteiger partial charge in [-0.3, -0.25) is 0 Å². The molecular weight excluding hydrogens is 231 g/mol. The molecule has 1 aromatic heterocycles. The molecular formula is C13H15FN4. The first-order valence-electron chi connectivity index (χ1n) is 5.79. The fourth-order valence-corrected chi connectivity index (χ4v) is 1.72. The molecule has 0 unspecified atom stereocenters. The van der Waals surface area contributed by atoms with Crippen LogP contribution >= 0.6 is 0 Å². The number of rotatable bonds is 4. The highest BCUT2D eigenvalue weighted by atomic mass is 19.1. The van der Waals surface area contributed by atoms with E-state index in [-0.39, 0.29) is 5.82 Å². The van der Waals surface area contributed by atoms with E-state index >= 15 is 0 Å². The van der Waals surface area contributed by atoms with Crippen LogP contribution in [-0.4, -0.2) is 9.97 Å². The molecule has 1 aromatic carbocycles. The van der Waals surface area contributed by atoms with Crippen molar-refractivity contribution in [3.05, 3.63) is 53.2 Å². The van der Waals surface area contributed by atoms with Gasteiger partial charge < -0.3 is 5.43 Å². The molecule has 0 atom stereocenters. The monoisotopic (exact) mass is 246 g/mol. The maximum absolute atomic E-state index is 13.1. The standard InChI is InChI=1S/C13H15FN4/c1-2-11-8-13(18-15)17-12(16-11)7-9-4-3-5-10(14)6-9/h3-6,8H,2,7,15H2,1H3,(H,16,17,18). The van der Waals surface area contributed by atoms with E-state index in [1.54, 1.807) is 12.1 Å². The molecule has 3 N–H and O–H groups in total. The van der Waals surface area contributed by atoms with E-state index in [9.17, 15) is 4.39 Å². The van der Waals surface area contributed by atoms with E-state index in [4.69, 9.17) is 5.84 Å². The normalized spacial score (nSPS) is 10.4. The number of nitrogens with one attached hydrogen (secondary N) is 1. The summed E-state index contributed by atoms with van der Waals surface area (Å²) in [6.07, 6.45) is 1.29. The Bertz CT molecular complexity index is 520. The Labute approximate surface area is 105 Å². The van der Waals surface area contributed by atoms with Gasteiger partial charge in [-0.15, -0.1) is 0 Å². The highest BCUT2D eigenvalue weighted by Crippen LogP contribution is 2.11. The van der Waals surface area contributed by atoms with Crippen molar-refractivity contribution in [2.45, 2.75) is 19.8 Å². The van der Waals surface area contributed by atoms with Crippen LogP contribution in [0, 0.1) is 5.82 Å². The van der Waals surface area contributed by atoms with Crippen LogP contribution in [0.3, 0.4) is 0 Å². The lowest BCUT2D eigenvalue weighted by Crippen LogP contribution is -2.11. The first kappa shape index (κ1) is 12.4.